The van der Waals surface area contributed by atoms with E-state index in [9.17, 15) is 14.5 Å². The SMILES string of the molecule is O=[N+]([O-])c1cccc(COc2ccc(F)c(Cl)c2)c1. The van der Waals surface area contributed by atoms with E-state index >= 15 is 0 Å². The summed E-state index contributed by atoms with van der Waals surface area (Å²) < 4.78 is 18.3. The van der Waals surface area contributed by atoms with Crippen molar-refractivity contribution in [1.82, 2.24) is 0 Å². The van der Waals surface area contributed by atoms with Crippen LogP contribution in [-0.4, -0.2) is 4.92 Å². The van der Waals surface area contributed by atoms with E-state index in [1.807, 2.05) is 0 Å². The first-order valence-corrected chi connectivity index (χ1v) is 5.75. The van der Waals surface area contributed by atoms with Crippen LogP contribution < -0.4 is 4.74 Å². The largest absolute Gasteiger partial charge is 0.489 e. The molecule has 0 heterocycles. The van der Waals surface area contributed by atoms with Gasteiger partial charge in [0, 0.05) is 18.2 Å². The minimum Gasteiger partial charge on any atom is -0.489 e. The van der Waals surface area contributed by atoms with E-state index in [1.54, 1.807) is 12.1 Å². The highest BCUT2D eigenvalue weighted by atomic mass is 35.5. The molecule has 0 aliphatic rings. The summed E-state index contributed by atoms with van der Waals surface area (Å²) in [7, 11) is 0. The van der Waals surface area contributed by atoms with Gasteiger partial charge in [-0.2, -0.15) is 0 Å². The van der Waals surface area contributed by atoms with E-state index in [1.165, 1.54) is 30.3 Å². The molecule has 0 radical (unpaired) electrons. The summed E-state index contributed by atoms with van der Waals surface area (Å²) >= 11 is 5.62. The molecule has 2 aromatic carbocycles. The van der Waals surface area contributed by atoms with Crippen molar-refractivity contribution in [1.29, 1.82) is 0 Å². The Balaban J connectivity index is 2.07. The van der Waals surface area contributed by atoms with Crippen LogP contribution in [-0.2, 0) is 6.61 Å². The van der Waals surface area contributed by atoms with E-state index in [-0.39, 0.29) is 17.3 Å². The smallest absolute Gasteiger partial charge is 0.269 e. The van der Waals surface area contributed by atoms with Gasteiger partial charge in [-0.1, -0.05) is 23.7 Å². The van der Waals surface area contributed by atoms with Gasteiger partial charge in [0.25, 0.3) is 5.69 Å². The van der Waals surface area contributed by atoms with Crippen LogP contribution in [0.1, 0.15) is 5.56 Å². The lowest BCUT2D eigenvalue weighted by Gasteiger charge is -2.06. The van der Waals surface area contributed by atoms with Gasteiger partial charge < -0.3 is 4.74 Å². The van der Waals surface area contributed by atoms with Crippen molar-refractivity contribution in [2.75, 3.05) is 0 Å². The van der Waals surface area contributed by atoms with E-state index in [2.05, 4.69) is 0 Å². The van der Waals surface area contributed by atoms with Crippen LogP contribution in [0.25, 0.3) is 0 Å². The third-order valence-corrected chi connectivity index (χ3v) is 2.71. The molecule has 0 unspecified atom stereocenters. The fourth-order valence-electron chi connectivity index (χ4n) is 1.49. The topological polar surface area (TPSA) is 52.4 Å². The number of nitro benzene ring substituents is 1. The number of halogens is 2. The zero-order chi connectivity index (χ0) is 13.8. The average Bonchev–Trinajstić information content (AvgIpc) is 2.40. The average molecular weight is 282 g/mol. The van der Waals surface area contributed by atoms with E-state index in [0.29, 0.717) is 11.3 Å². The van der Waals surface area contributed by atoms with Crippen LogP contribution in [0.15, 0.2) is 42.5 Å². The summed E-state index contributed by atoms with van der Waals surface area (Å²) in [4.78, 5) is 10.1. The maximum absolute atomic E-state index is 12.9. The van der Waals surface area contributed by atoms with Gasteiger partial charge in [0.05, 0.1) is 9.95 Å². The Hall–Kier alpha value is -2.14. The Kier molecular flexibility index (Phi) is 3.97. The molecule has 0 aliphatic carbocycles. The van der Waals surface area contributed by atoms with Crippen LogP contribution >= 0.6 is 11.6 Å². The van der Waals surface area contributed by atoms with Crippen LogP contribution in [0, 0.1) is 15.9 Å². The first-order valence-electron chi connectivity index (χ1n) is 5.37. The van der Waals surface area contributed by atoms with Crippen LogP contribution in [0.4, 0.5) is 10.1 Å². The van der Waals surface area contributed by atoms with Crippen LogP contribution in [0.2, 0.25) is 5.02 Å². The summed E-state index contributed by atoms with van der Waals surface area (Å²) in [6, 6.07) is 10.1. The van der Waals surface area contributed by atoms with Crippen LogP contribution in [0.5, 0.6) is 5.75 Å². The van der Waals surface area contributed by atoms with Crippen LogP contribution in [0.3, 0.4) is 0 Å². The summed E-state index contributed by atoms with van der Waals surface area (Å²) in [5.41, 5.74) is 0.646. The molecule has 19 heavy (non-hydrogen) atoms. The Labute approximate surface area is 113 Å². The number of nitro groups is 1. The van der Waals surface area contributed by atoms with E-state index < -0.39 is 10.7 Å². The molecule has 0 aromatic heterocycles. The van der Waals surface area contributed by atoms with Crippen molar-refractivity contribution in [3.05, 3.63) is 69.0 Å². The number of benzene rings is 2. The molecule has 0 fully saturated rings. The molecule has 2 rings (SSSR count). The van der Waals surface area contributed by atoms with Crippen molar-refractivity contribution in [3.8, 4) is 5.75 Å². The van der Waals surface area contributed by atoms with Crippen molar-refractivity contribution in [2.45, 2.75) is 6.61 Å². The lowest BCUT2D eigenvalue weighted by molar-refractivity contribution is -0.384. The molecule has 0 atom stereocenters. The molecule has 6 heteroatoms. The zero-order valence-electron chi connectivity index (χ0n) is 9.68. The van der Waals surface area contributed by atoms with Crippen molar-refractivity contribution in [3.63, 3.8) is 0 Å². The molecule has 0 bridgehead atoms. The van der Waals surface area contributed by atoms with Crippen molar-refractivity contribution in [2.24, 2.45) is 0 Å². The van der Waals surface area contributed by atoms with Gasteiger partial charge in [-0.25, -0.2) is 4.39 Å². The number of hydrogen-bond donors (Lipinski definition) is 0. The second-order valence-corrected chi connectivity index (χ2v) is 4.20. The van der Waals surface area contributed by atoms with E-state index in [0.717, 1.165) is 0 Å². The normalized spacial score (nSPS) is 10.2. The van der Waals surface area contributed by atoms with Gasteiger partial charge in [-0.3, -0.25) is 10.1 Å². The summed E-state index contributed by atoms with van der Waals surface area (Å²) in [5, 5.41) is 10.6. The van der Waals surface area contributed by atoms with Gasteiger partial charge >= 0.3 is 0 Å². The lowest BCUT2D eigenvalue weighted by Crippen LogP contribution is -1.97. The fraction of sp³-hybridized carbons (Fsp3) is 0.0769. The Morgan fingerprint density at radius 2 is 2.05 bits per heavy atom. The quantitative estimate of drug-likeness (QED) is 0.629. The highest BCUT2D eigenvalue weighted by molar-refractivity contribution is 6.30. The monoisotopic (exact) mass is 281 g/mol. The van der Waals surface area contributed by atoms with Gasteiger partial charge in [0.2, 0.25) is 0 Å². The molecule has 0 aliphatic heterocycles. The molecule has 0 N–H and O–H groups in total. The third kappa shape index (κ3) is 3.42. The molecular formula is C13H9ClFNO3. The number of ether oxygens (including phenoxy) is 1. The molecule has 0 saturated heterocycles. The number of nitrogens with zero attached hydrogens (tertiary/aromatic N) is 1. The minimum atomic E-state index is -0.524. The Morgan fingerprint density at radius 3 is 2.74 bits per heavy atom. The minimum absolute atomic E-state index is 0.00163. The zero-order valence-corrected chi connectivity index (χ0v) is 10.4. The third-order valence-electron chi connectivity index (χ3n) is 2.42. The summed E-state index contributed by atoms with van der Waals surface area (Å²) in [6.07, 6.45) is 0. The predicted octanol–water partition coefficient (Wildman–Crippen LogP) is 3.97. The summed E-state index contributed by atoms with van der Waals surface area (Å²) in [5.74, 6) is -0.123. The second-order valence-electron chi connectivity index (χ2n) is 3.79. The first-order chi connectivity index (χ1) is 9.06. The summed E-state index contributed by atoms with van der Waals surface area (Å²) in [6.45, 7) is 0.143. The molecule has 0 amide bonds. The van der Waals surface area contributed by atoms with Crippen molar-refractivity contribution >= 4 is 17.3 Å². The van der Waals surface area contributed by atoms with Gasteiger partial charge in [0.1, 0.15) is 18.2 Å². The number of non-ortho nitro benzene ring substituents is 1. The Bertz CT molecular complexity index is 619. The van der Waals surface area contributed by atoms with Crippen molar-refractivity contribution < 1.29 is 14.1 Å². The van der Waals surface area contributed by atoms with Gasteiger partial charge in [-0.05, 0) is 17.7 Å². The molecule has 2 aromatic rings. The highest BCUT2D eigenvalue weighted by Gasteiger charge is 2.06. The van der Waals surface area contributed by atoms with Gasteiger partial charge in [-0.15, -0.1) is 0 Å². The predicted molar refractivity (Wildman–Crippen MR) is 68.8 cm³/mol. The highest BCUT2D eigenvalue weighted by Crippen LogP contribution is 2.22. The second kappa shape index (κ2) is 5.67. The van der Waals surface area contributed by atoms with E-state index in [4.69, 9.17) is 16.3 Å². The molecule has 4 nitrogen and oxygen atoms in total. The maximum atomic E-state index is 12.9. The molecular weight excluding hydrogens is 273 g/mol. The fourth-order valence-corrected chi connectivity index (χ4v) is 1.66. The standard InChI is InChI=1S/C13H9ClFNO3/c14-12-7-11(4-5-13(12)15)19-8-9-2-1-3-10(6-9)16(17)18/h1-7H,8H2. The number of rotatable bonds is 4. The molecule has 0 spiro atoms. The first kappa shape index (κ1) is 13.3. The Morgan fingerprint density at radius 1 is 1.26 bits per heavy atom. The maximum Gasteiger partial charge on any atom is 0.269 e. The van der Waals surface area contributed by atoms with Gasteiger partial charge in [0.15, 0.2) is 0 Å². The lowest BCUT2D eigenvalue weighted by atomic mass is 10.2. The molecule has 0 saturated carbocycles. The number of hydrogen-bond acceptors (Lipinski definition) is 3. The molecule has 98 valence electrons.